The monoisotopic (exact) mass is 290 g/mol. The first-order valence-electron chi connectivity index (χ1n) is 7.15. The van der Waals surface area contributed by atoms with E-state index in [4.69, 9.17) is 0 Å². The van der Waals surface area contributed by atoms with Gasteiger partial charge in [-0.2, -0.15) is 0 Å². The molecule has 0 aliphatic carbocycles. The molecule has 1 aromatic carbocycles. The second-order valence-corrected chi connectivity index (χ2v) is 5.32. The molecule has 2 N–H and O–H groups in total. The van der Waals surface area contributed by atoms with Gasteiger partial charge >= 0.3 is 0 Å². The number of hydrogen-bond acceptors (Lipinski definition) is 2. The molecule has 0 aliphatic heterocycles. The fourth-order valence-corrected chi connectivity index (χ4v) is 1.96. The number of rotatable bonds is 5. The van der Waals surface area contributed by atoms with Crippen LogP contribution in [0.15, 0.2) is 23.2 Å². The predicted molar refractivity (Wildman–Crippen MR) is 87.4 cm³/mol. The Hall–Kier alpha value is -2.04. The minimum absolute atomic E-state index is 0.104. The van der Waals surface area contributed by atoms with Gasteiger partial charge in [-0.15, -0.1) is 0 Å². The Morgan fingerprint density at radius 3 is 2.52 bits per heavy atom. The van der Waals surface area contributed by atoms with Gasteiger partial charge in [0.05, 0.1) is 0 Å². The van der Waals surface area contributed by atoms with E-state index in [1.54, 1.807) is 26.0 Å². The van der Waals surface area contributed by atoms with Crippen molar-refractivity contribution in [3.63, 3.8) is 0 Å². The number of amides is 1. The van der Waals surface area contributed by atoms with Crippen molar-refractivity contribution in [3.8, 4) is 0 Å². The minimum atomic E-state index is 0.104. The van der Waals surface area contributed by atoms with Crippen LogP contribution >= 0.6 is 0 Å². The van der Waals surface area contributed by atoms with E-state index in [0.29, 0.717) is 25.5 Å². The average Bonchev–Trinajstić information content (AvgIpc) is 2.43. The highest BCUT2D eigenvalue weighted by molar-refractivity contribution is 5.81. The molecule has 5 nitrogen and oxygen atoms in total. The molecule has 0 saturated heterocycles. The lowest BCUT2D eigenvalue weighted by atomic mass is 10.1. The van der Waals surface area contributed by atoms with E-state index in [2.05, 4.69) is 47.7 Å². The van der Waals surface area contributed by atoms with Crippen LogP contribution in [0, 0.1) is 13.8 Å². The van der Waals surface area contributed by atoms with Crippen LogP contribution in [0.25, 0.3) is 0 Å². The van der Waals surface area contributed by atoms with Crippen LogP contribution in [0.2, 0.25) is 0 Å². The summed E-state index contributed by atoms with van der Waals surface area (Å²) < 4.78 is 0. The Morgan fingerprint density at radius 2 is 1.95 bits per heavy atom. The lowest BCUT2D eigenvalue weighted by Crippen LogP contribution is -2.38. The molecular weight excluding hydrogens is 264 g/mol. The maximum absolute atomic E-state index is 11.5. The second kappa shape index (κ2) is 8.29. The van der Waals surface area contributed by atoms with E-state index in [0.717, 1.165) is 0 Å². The van der Waals surface area contributed by atoms with Gasteiger partial charge in [0.2, 0.25) is 5.91 Å². The summed E-state index contributed by atoms with van der Waals surface area (Å²) in [5.74, 6) is 0.814. The minimum Gasteiger partial charge on any atom is -0.356 e. The predicted octanol–water partition coefficient (Wildman–Crippen LogP) is 1.45. The zero-order valence-corrected chi connectivity index (χ0v) is 13.7. The molecule has 116 valence electrons. The first kappa shape index (κ1) is 17.0. The fourth-order valence-electron chi connectivity index (χ4n) is 1.96. The summed E-state index contributed by atoms with van der Waals surface area (Å²) in [4.78, 5) is 17.2. The van der Waals surface area contributed by atoms with Crippen LogP contribution in [0.4, 0.5) is 0 Å². The zero-order valence-electron chi connectivity index (χ0n) is 13.7. The molecule has 0 spiro atoms. The van der Waals surface area contributed by atoms with Gasteiger partial charge in [0.25, 0.3) is 0 Å². The normalized spacial score (nSPS) is 11.2. The third-order valence-corrected chi connectivity index (χ3v) is 3.30. The van der Waals surface area contributed by atoms with E-state index in [1.165, 1.54) is 16.7 Å². The number of hydrogen-bond donors (Lipinski definition) is 2. The van der Waals surface area contributed by atoms with Gasteiger partial charge < -0.3 is 15.5 Å². The van der Waals surface area contributed by atoms with Gasteiger partial charge in [0.1, 0.15) is 0 Å². The number of carbonyl (C=O) groups excluding carboxylic acids is 1. The Balaban J connectivity index is 2.43. The van der Waals surface area contributed by atoms with E-state index in [-0.39, 0.29) is 5.91 Å². The number of nitrogens with one attached hydrogen (secondary N) is 2. The van der Waals surface area contributed by atoms with Gasteiger partial charge in [-0.05, 0) is 25.0 Å². The molecule has 1 aromatic rings. The van der Waals surface area contributed by atoms with Crippen molar-refractivity contribution in [2.45, 2.75) is 26.8 Å². The highest BCUT2D eigenvalue weighted by Gasteiger charge is 2.05. The SMILES string of the molecule is CN=C(NCCC(=O)N(C)C)NCc1ccc(C)cc1C. The van der Waals surface area contributed by atoms with Gasteiger partial charge in [-0.3, -0.25) is 9.79 Å². The molecule has 1 amide bonds. The number of aryl methyl sites for hydroxylation is 2. The first-order valence-corrected chi connectivity index (χ1v) is 7.15. The number of carbonyl (C=O) groups is 1. The van der Waals surface area contributed by atoms with Gasteiger partial charge in [-0.25, -0.2) is 0 Å². The molecule has 5 heteroatoms. The van der Waals surface area contributed by atoms with Crippen molar-refractivity contribution < 1.29 is 4.79 Å². The quantitative estimate of drug-likeness (QED) is 0.637. The molecule has 0 fully saturated rings. The number of guanidine groups is 1. The van der Waals surface area contributed by atoms with Crippen LogP contribution in [-0.4, -0.2) is 44.5 Å². The lowest BCUT2D eigenvalue weighted by molar-refractivity contribution is -0.128. The Morgan fingerprint density at radius 1 is 1.24 bits per heavy atom. The summed E-state index contributed by atoms with van der Waals surface area (Å²) in [6, 6.07) is 6.40. The lowest BCUT2D eigenvalue weighted by Gasteiger charge is -2.14. The van der Waals surface area contributed by atoms with Crippen molar-refractivity contribution in [1.82, 2.24) is 15.5 Å². The first-order chi connectivity index (χ1) is 9.93. The highest BCUT2D eigenvalue weighted by atomic mass is 16.2. The Bertz CT molecular complexity index is 509. The zero-order chi connectivity index (χ0) is 15.8. The van der Waals surface area contributed by atoms with Crippen LogP contribution in [-0.2, 0) is 11.3 Å². The van der Waals surface area contributed by atoms with Gasteiger partial charge in [0, 0.05) is 40.7 Å². The molecule has 0 aliphatic rings. The second-order valence-electron chi connectivity index (χ2n) is 5.32. The molecule has 0 radical (unpaired) electrons. The molecule has 1 rings (SSSR count). The Kier molecular flexibility index (Phi) is 6.72. The van der Waals surface area contributed by atoms with E-state index in [9.17, 15) is 4.79 Å². The molecule has 0 aromatic heterocycles. The highest BCUT2D eigenvalue weighted by Crippen LogP contribution is 2.09. The molecule has 21 heavy (non-hydrogen) atoms. The standard InChI is InChI=1S/C16H26N4O/c1-12-6-7-14(13(2)10-12)11-19-16(17-3)18-9-8-15(21)20(4)5/h6-7,10H,8-9,11H2,1-5H3,(H2,17,18,19). The Labute approximate surface area is 127 Å². The van der Waals surface area contributed by atoms with Gasteiger partial charge in [-0.1, -0.05) is 23.8 Å². The molecule has 0 saturated carbocycles. The van der Waals surface area contributed by atoms with Crippen molar-refractivity contribution >= 4 is 11.9 Å². The summed E-state index contributed by atoms with van der Waals surface area (Å²) in [6.45, 7) is 5.49. The maximum atomic E-state index is 11.5. The van der Waals surface area contributed by atoms with E-state index >= 15 is 0 Å². The molecular formula is C16H26N4O. The average molecular weight is 290 g/mol. The third kappa shape index (κ3) is 5.85. The number of benzene rings is 1. The van der Waals surface area contributed by atoms with Crippen molar-refractivity contribution in [2.24, 2.45) is 4.99 Å². The third-order valence-electron chi connectivity index (χ3n) is 3.30. The summed E-state index contributed by atoms with van der Waals surface area (Å²) in [6.07, 6.45) is 0.456. The van der Waals surface area contributed by atoms with Crippen LogP contribution in [0.1, 0.15) is 23.1 Å². The van der Waals surface area contributed by atoms with Crippen LogP contribution < -0.4 is 10.6 Å². The number of aliphatic imine (C=N–C) groups is 1. The van der Waals surface area contributed by atoms with Crippen molar-refractivity contribution in [1.29, 1.82) is 0 Å². The molecule has 0 bridgehead atoms. The van der Waals surface area contributed by atoms with Crippen molar-refractivity contribution in [3.05, 3.63) is 34.9 Å². The van der Waals surface area contributed by atoms with Crippen LogP contribution in [0.5, 0.6) is 0 Å². The molecule has 0 heterocycles. The number of nitrogens with zero attached hydrogens (tertiary/aromatic N) is 2. The molecule has 0 atom stereocenters. The van der Waals surface area contributed by atoms with E-state index < -0.39 is 0 Å². The summed E-state index contributed by atoms with van der Waals surface area (Å²) >= 11 is 0. The maximum Gasteiger partial charge on any atom is 0.223 e. The van der Waals surface area contributed by atoms with Gasteiger partial charge in [0.15, 0.2) is 5.96 Å². The smallest absolute Gasteiger partial charge is 0.223 e. The summed E-state index contributed by atoms with van der Waals surface area (Å²) in [7, 11) is 5.25. The molecule has 0 unspecified atom stereocenters. The summed E-state index contributed by atoms with van der Waals surface area (Å²) in [5, 5.41) is 6.41. The van der Waals surface area contributed by atoms with Crippen molar-refractivity contribution in [2.75, 3.05) is 27.7 Å². The largest absolute Gasteiger partial charge is 0.356 e. The topological polar surface area (TPSA) is 56.7 Å². The summed E-state index contributed by atoms with van der Waals surface area (Å²) in [5.41, 5.74) is 3.77. The fraction of sp³-hybridized carbons (Fsp3) is 0.500. The van der Waals surface area contributed by atoms with E-state index in [1.807, 2.05) is 0 Å². The van der Waals surface area contributed by atoms with Crippen LogP contribution in [0.3, 0.4) is 0 Å².